The smallest absolute Gasteiger partial charge is 0.170 e. The van der Waals surface area contributed by atoms with Gasteiger partial charge in [0.1, 0.15) is 5.41 Å². The van der Waals surface area contributed by atoms with E-state index < -0.39 is 11.6 Å². The molecule has 0 bridgehead atoms. The van der Waals surface area contributed by atoms with Crippen molar-refractivity contribution >= 4 is 15.9 Å². The van der Waals surface area contributed by atoms with Gasteiger partial charge in [-0.05, 0) is 41.3 Å². The number of alkyl halides is 3. The lowest BCUT2D eigenvalue weighted by Gasteiger charge is -2.30. The van der Waals surface area contributed by atoms with Crippen LogP contribution in [0.5, 0.6) is 0 Å². The first-order valence-corrected chi connectivity index (χ1v) is 6.61. The average molecular weight is 327 g/mol. The summed E-state index contributed by atoms with van der Waals surface area (Å²) in [6.45, 7) is 1.25. The average Bonchev–Trinajstić information content (AvgIpc) is 2.61. The molecule has 0 aromatic heterocycles. The maximum atomic E-state index is 13.6. The Morgan fingerprint density at radius 1 is 0.947 bits per heavy atom. The molecule has 0 spiro atoms. The van der Waals surface area contributed by atoms with Crippen molar-refractivity contribution in [2.45, 2.75) is 18.5 Å². The minimum absolute atomic E-state index is 0.315. The minimum atomic E-state index is -4.32. The van der Waals surface area contributed by atoms with Crippen molar-refractivity contribution in [3.05, 3.63) is 58.1 Å². The Hall–Kier alpha value is -1.29. The molecule has 1 atom stereocenters. The van der Waals surface area contributed by atoms with Crippen molar-refractivity contribution < 1.29 is 13.2 Å². The Balaban J connectivity index is 2.42. The van der Waals surface area contributed by atoms with E-state index in [2.05, 4.69) is 15.9 Å². The third-order valence-electron chi connectivity index (χ3n) is 3.84. The zero-order valence-corrected chi connectivity index (χ0v) is 11.6. The summed E-state index contributed by atoms with van der Waals surface area (Å²) in [6, 6.07) is 11.8. The summed E-state index contributed by atoms with van der Waals surface area (Å²) in [5, 5.41) is 0. The molecule has 1 aliphatic carbocycles. The van der Waals surface area contributed by atoms with Crippen LogP contribution in [-0.4, -0.2) is 6.18 Å². The van der Waals surface area contributed by atoms with Gasteiger partial charge in [0, 0.05) is 4.47 Å². The zero-order chi connectivity index (χ0) is 13.8. The van der Waals surface area contributed by atoms with Gasteiger partial charge in [0.05, 0.1) is 0 Å². The van der Waals surface area contributed by atoms with Crippen LogP contribution in [-0.2, 0) is 5.41 Å². The second-order valence-electron chi connectivity index (χ2n) is 4.86. The van der Waals surface area contributed by atoms with E-state index in [4.69, 9.17) is 0 Å². The normalized spacial score (nSPS) is 21.1. The fourth-order valence-corrected chi connectivity index (χ4v) is 3.13. The molecule has 19 heavy (non-hydrogen) atoms. The molecular formula is C15H10BrF3. The summed E-state index contributed by atoms with van der Waals surface area (Å²) < 4.78 is 41.5. The molecule has 2 aromatic carbocycles. The van der Waals surface area contributed by atoms with Gasteiger partial charge < -0.3 is 0 Å². The van der Waals surface area contributed by atoms with Crippen LogP contribution in [0.15, 0.2) is 46.9 Å². The first-order valence-electron chi connectivity index (χ1n) is 5.82. The number of hydrogen-bond donors (Lipinski definition) is 0. The lowest BCUT2D eigenvalue weighted by atomic mass is 9.79. The van der Waals surface area contributed by atoms with Gasteiger partial charge in [-0.3, -0.25) is 0 Å². The van der Waals surface area contributed by atoms with Crippen molar-refractivity contribution in [1.29, 1.82) is 0 Å². The van der Waals surface area contributed by atoms with Crippen LogP contribution in [0, 0.1) is 0 Å². The van der Waals surface area contributed by atoms with Crippen molar-refractivity contribution in [3.63, 3.8) is 0 Å². The molecule has 0 nitrogen and oxygen atoms in total. The fourth-order valence-electron chi connectivity index (χ4n) is 2.77. The molecule has 0 N–H and O–H groups in total. The Labute approximate surface area is 117 Å². The maximum Gasteiger partial charge on any atom is 0.402 e. The second-order valence-corrected chi connectivity index (χ2v) is 5.77. The van der Waals surface area contributed by atoms with Crippen molar-refractivity contribution in [1.82, 2.24) is 0 Å². The van der Waals surface area contributed by atoms with Gasteiger partial charge in [-0.25, -0.2) is 0 Å². The third-order valence-corrected chi connectivity index (χ3v) is 4.34. The highest BCUT2D eigenvalue weighted by Crippen LogP contribution is 2.56. The maximum absolute atomic E-state index is 13.6. The third kappa shape index (κ3) is 1.59. The second kappa shape index (κ2) is 3.85. The van der Waals surface area contributed by atoms with Crippen molar-refractivity contribution in [2.24, 2.45) is 0 Å². The zero-order valence-electron chi connectivity index (χ0n) is 10.1. The van der Waals surface area contributed by atoms with Gasteiger partial charge in [0.25, 0.3) is 0 Å². The molecule has 3 rings (SSSR count). The Kier molecular flexibility index (Phi) is 2.58. The molecule has 0 saturated carbocycles. The minimum Gasteiger partial charge on any atom is -0.170 e. The first-order chi connectivity index (χ1) is 8.85. The molecule has 0 saturated heterocycles. The van der Waals surface area contributed by atoms with E-state index in [9.17, 15) is 13.2 Å². The highest BCUT2D eigenvalue weighted by atomic mass is 79.9. The summed E-state index contributed by atoms with van der Waals surface area (Å²) in [5.41, 5.74) is 0.0394. The number of rotatable bonds is 0. The summed E-state index contributed by atoms with van der Waals surface area (Å²) >= 11 is 3.26. The SMILES string of the molecule is CC1(C(F)(F)F)c2ccccc2-c2ccc(Br)cc21. The molecule has 98 valence electrons. The molecule has 1 unspecified atom stereocenters. The standard InChI is InChI=1S/C15H10BrF3/c1-14(15(17,18)19)12-5-3-2-4-10(12)11-7-6-9(16)8-13(11)14/h2-8H,1H3. The van der Waals surface area contributed by atoms with Crippen LogP contribution >= 0.6 is 15.9 Å². The monoisotopic (exact) mass is 326 g/mol. The van der Waals surface area contributed by atoms with Gasteiger partial charge in [-0.2, -0.15) is 13.2 Å². The molecule has 0 heterocycles. The molecular weight excluding hydrogens is 317 g/mol. The van der Waals surface area contributed by atoms with Crippen LogP contribution < -0.4 is 0 Å². The van der Waals surface area contributed by atoms with Crippen molar-refractivity contribution in [2.75, 3.05) is 0 Å². The van der Waals surface area contributed by atoms with Gasteiger partial charge in [-0.15, -0.1) is 0 Å². The lowest BCUT2D eigenvalue weighted by Crippen LogP contribution is -2.38. The molecule has 1 aliphatic rings. The topological polar surface area (TPSA) is 0 Å². The van der Waals surface area contributed by atoms with Crippen LogP contribution in [0.4, 0.5) is 13.2 Å². The van der Waals surface area contributed by atoms with Gasteiger partial charge in [-0.1, -0.05) is 46.3 Å². The van der Waals surface area contributed by atoms with E-state index in [1.807, 2.05) is 0 Å². The Morgan fingerprint density at radius 3 is 2.26 bits per heavy atom. The van der Waals surface area contributed by atoms with E-state index in [1.54, 1.807) is 42.5 Å². The quantitative estimate of drug-likeness (QED) is 0.616. The van der Waals surface area contributed by atoms with E-state index in [0.29, 0.717) is 26.7 Å². The molecule has 0 amide bonds. The molecule has 0 fully saturated rings. The Bertz CT molecular complexity index is 661. The van der Waals surface area contributed by atoms with Gasteiger partial charge in [0.15, 0.2) is 0 Å². The number of benzene rings is 2. The van der Waals surface area contributed by atoms with E-state index in [1.165, 1.54) is 6.92 Å². The van der Waals surface area contributed by atoms with Crippen LogP contribution in [0.3, 0.4) is 0 Å². The first kappa shape index (κ1) is 12.7. The summed E-state index contributed by atoms with van der Waals surface area (Å²) in [5.74, 6) is 0. The predicted molar refractivity (Wildman–Crippen MR) is 72.1 cm³/mol. The van der Waals surface area contributed by atoms with Crippen LogP contribution in [0.25, 0.3) is 11.1 Å². The van der Waals surface area contributed by atoms with E-state index >= 15 is 0 Å². The van der Waals surface area contributed by atoms with E-state index in [-0.39, 0.29) is 0 Å². The lowest BCUT2D eigenvalue weighted by molar-refractivity contribution is -0.172. The van der Waals surface area contributed by atoms with Gasteiger partial charge in [0.2, 0.25) is 0 Å². The summed E-state index contributed by atoms with van der Waals surface area (Å²) in [7, 11) is 0. The summed E-state index contributed by atoms with van der Waals surface area (Å²) in [4.78, 5) is 0. The van der Waals surface area contributed by atoms with Crippen LogP contribution in [0.2, 0.25) is 0 Å². The molecule has 2 aromatic rings. The predicted octanol–water partition coefficient (Wildman–Crippen LogP) is 5.30. The molecule has 0 aliphatic heterocycles. The highest BCUT2D eigenvalue weighted by molar-refractivity contribution is 9.10. The van der Waals surface area contributed by atoms with Gasteiger partial charge >= 0.3 is 6.18 Å². The summed E-state index contributed by atoms with van der Waals surface area (Å²) in [6.07, 6.45) is -4.32. The Morgan fingerprint density at radius 2 is 1.58 bits per heavy atom. The highest BCUT2D eigenvalue weighted by Gasteiger charge is 2.57. The number of hydrogen-bond acceptors (Lipinski definition) is 0. The largest absolute Gasteiger partial charge is 0.402 e. The number of halogens is 4. The molecule has 0 radical (unpaired) electrons. The van der Waals surface area contributed by atoms with E-state index in [0.717, 1.165) is 0 Å². The van der Waals surface area contributed by atoms with Crippen LogP contribution in [0.1, 0.15) is 18.1 Å². The fraction of sp³-hybridized carbons (Fsp3) is 0.200. The molecule has 4 heteroatoms. The number of fused-ring (bicyclic) bond motifs is 3. The van der Waals surface area contributed by atoms with Crippen molar-refractivity contribution in [3.8, 4) is 11.1 Å².